The molecule has 3 rings (SSSR count). The molecule has 1 aliphatic rings. The number of ether oxygens (including phenoxy) is 1. The van der Waals surface area contributed by atoms with Gasteiger partial charge in [0.2, 0.25) is 5.91 Å². The van der Waals surface area contributed by atoms with Crippen LogP contribution in [0.3, 0.4) is 0 Å². The second kappa shape index (κ2) is 7.57. The standard InChI is InChI=1S/C17H18N2O4S/c20-14(10-19-6-8-23-9-7-19)18-16-15(17(21)22)13(11-24-16)12-4-2-1-3-5-12/h1-5,11H,6-10H2,(H,18,20)(H,21,22). The van der Waals surface area contributed by atoms with Crippen LogP contribution in [0.2, 0.25) is 0 Å². The van der Waals surface area contributed by atoms with Crippen LogP contribution in [0.4, 0.5) is 5.00 Å². The maximum Gasteiger partial charge on any atom is 0.339 e. The summed E-state index contributed by atoms with van der Waals surface area (Å²) in [7, 11) is 0. The number of nitrogens with zero attached hydrogens (tertiary/aromatic N) is 1. The number of hydrogen-bond donors (Lipinski definition) is 2. The van der Waals surface area contributed by atoms with Crippen molar-refractivity contribution in [1.29, 1.82) is 0 Å². The van der Waals surface area contributed by atoms with Crippen molar-refractivity contribution in [2.24, 2.45) is 0 Å². The first kappa shape index (κ1) is 16.6. The van der Waals surface area contributed by atoms with E-state index < -0.39 is 5.97 Å². The SMILES string of the molecule is O=C(CN1CCOCC1)Nc1scc(-c2ccccc2)c1C(=O)O. The highest BCUT2D eigenvalue weighted by atomic mass is 32.1. The lowest BCUT2D eigenvalue weighted by molar-refractivity contribution is -0.118. The van der Waals surface area contributed by atoms with Gasteiger partial charge in [-0.15, -0.1) is 11.3 Å². The summed E-state index contributed by atoms with van der Waals surface area (Å²) in [6, 6.07) is 9.30. The number of morpholine rings is 1. The Kier molecular flexibility index (Phi) is 5.24. The molecule has 24 heavy (non-hydrogen) atoms. The summed E-state index contributed by atoms with van der Waals surface area (Å²) in [6.45, 7) is 2.88. The molecule has 1 saturated heterocycles. The Morgan fingerprint density at radius 3 is 2.58 bits per heavy atom. The van der Waals surface area contributed by atoms with E-state index in [9.17, 15) is 14.7 Å². The van der Waals surface area contributed by atoms with Crippen LogP contribution in [0.15, 0.2) is 35.7 Å². The molecule has 0 bridgehead atoms. The third-order valence-electron chi connectivity index (χ3n) is 3.81. The number of hydrogen-bond acceptors (Lipinski definition) is 5. The lowest BCUT2D eigenvalue weighted by Gasteiger charge is -2.25. The zero-order chi connectivity index (χ0) is 16.9. The number of anilines is 1. The lowest BCUT2D eigenvalue weighted by atomic mass is 10.0. The number of aromatic carboxylic acids is 1. The third-order valence-corrected chi connectivity index (χ3v) is 4.71. The fourth-order valence-electron chi connectivity index (χ4n) is 2.62. The number of carboxylic acid groups (broad SMARTS) is 1. The van der Waals surface area contributed by atoms with Gasteiger partial charge in [0.15, 0.2) is 0 Å². The molecule has 2 N–H and O–H groups in total. The van der Waals surface area contributed by atoms with Gasteiger partial charge in [0.05, 0.1) is 19.8 Å². The van der Waals surface area contributed by atoms with E-state index in [1.54, 1.807) is 5.38 Å². The fraction of sp³-hybridized carbons (Fsp3) is 0.294. The molecule has 1 aromatic heterocycles. The molecule has 1 aromatic carbocycles. The number of benzene rings is 1. The molecule has 7 heteroatoms. The van der Waals surface area contributed by atoms with Crippen molar-refractivity contribution in [1.82, 2.24) is 4.90 Å². The second-order valence-electron chi connectivity index (χ2n) is 5.46. The smallest absolute Gasteiger partial charge is 0.339 e. The predicted octanol–water partition coefficient (Wildman–Crippen LogP) is 2.38. The van der Waals surface area contributed by atoms with Gasteiger partial charge in [-0.05, 0) is 5.56 Å². The first-order valence-corrected chi connectivity index (χ1v) is 8.53. The molecule has 6 nitrogen and oxygen atoms in total. The van der Waals surface area contributed by atoms with E-state index in [0.717, 1.165) is 5.56 Å². The van der Waals surface area contributed by atoms with Crippen LogP contribution < -0.4 is 5.32 Å². The van der Waals surface area contributed by atoms with Gasteiger partial charge >= 0.3 is 5.97 Å². The van der Waals surface area contributed by atoms with Gasteiger partial charge in [-0.2, -0.15) is 0 Å². The number of rotatable bonds is 5. The molecule has 1 fully saturated rings. The van der Waals surface area contributed by atoms with Crippen molar-refractivity contribution < 1.29 is 19.4 Å². The number of carbonyl (C=O) groups excluding carboxylic acids is 1. The van der Waals surface area contributed by atoms with Gasteiger partial charge in [-0.3, -0.25) is 9.69 Å². The molecule has 2 heterocycles. The Bertz CT molecular complexity index is 723. The molecular weight excluding hydrogens is 328 g/mol. The minimum atomic E-state index is -1.04. The molecule has 0 saturated carbocycles. The summed E-state index contributed by atoms with van der Waals surface area (Å²) >= 11 is 1.23. The van der Waals surface area contributed by atoms with Crippen LogP contribution in [-0.2, 0) is 9.53 Å². The van der Waals surface area contributed by atoms with Crippen LogP contribution in [-0.4, -0.2) is 54.7 Å². The highest BCUT2D eigenvalue weighted by Gasteiger charge is 2.22. The zero-order valence-corrected chi connectivity index (χ0v) is 13.8. The Hall–Kier alpha value is -2.22. The minimum Gasteiger partial charge on any atom is -0.478 e. The van der Waals surface area contributed by atoms with E-state index in [1.807, 2.05) is 35.2 Å². The second-order valence-corrected chi connectivity index (χ2v) is 6.34. The summed E-state index contributed by atoms with van der Waals surface area (Å²) < 4.78 is 5.25. The van der Waals surface area contributed by atoms with Crippen molar-refractivity contribution in [3.63, 3.8) is 0 Å². The van der Waals surface area contributed by atoms with Crippen LogP contribution in [0.1, 0.15) is 10.4 Å². The monoisotopic (exact) mass is 346 g/mol. The Morgan fingerprint density at radius 1 is 1.21 bits per heavy atom. The topological polar surface area (TPSA) is 78.9 Å². The van der Waals surface area contributed by atoms with E-state index in [4.69, 9.17) is 4.74 Å². The van der Waals surface area contributed by atoms with Crippen molar-refractivity contribution in [3.8, 4) is 11.1 Å². The van der Waals surface area contributed by atoms with Gasteiger partial charge in [-0.25, -0.2) is 4.79 Å². The van der Waals surface area contributed by atoms with Crippen molar-refractivity contribution in [2.75, 3.05) is 38.2 Å². The summed E-state index contributed by atoms with van der Waals surface area (Å²) in [6.07, 6.45) is 0. The molecule has 0 atom stereocenters. The summed E-state index contributed by atoms with van der Waals surface area (Å²) in [4.78, 5) is 25.9. The number of nitrogens with one attached hydrogen (secondary N) is 1. The highest BCUT2D eigenvalue weighted by Crippen LogP contribution is 2.35. The molecule has 0 radical (unpaired) electrons. The lowest BCUT2D eigenvalue weighted by Crippen LogP contribution is -2.41. The highest BCUT2D eigenvalue weighted by molar-refractivity contribution is 7.15. The number of thiophene rings is 1. The van der Waals surface area contributed by atoms with E-state index in [-0.39, 0.29) is 18.0 Å². The fourth-order valence-corrected chi connectivity index (χ4v) is 3.60. The number of carboxylic acids is 1. The normalized spacial score (nSPS) is 15.2. The van der Waals surface area contributed by atoms with Crippen molar-refractivity contribution >= 4 is 28.2 Å². The van der Waals surface area contributed by atoms with E-state index >= 15 is 0 Å². The van der Waals surface area contributed by atoms with Crippen LogP contribution >= 0.6 is 11.3 Å². The average Bonchev–Trinajstić information content (AvgIpc) is 3.00. The number of carbonyl (C=O) groups is 2. The molecule has 0 aliphatic carbocycles. The van der Waals surface area contributed by atoms with Crippen molar-refractivity contribution in [2.45, 2.75) is 0 Å². The predicted molar refractivity (Wildman–Crippen MR) is 92.6 cm³/mol. The maximum absolute atomic E-state index is 12.2. The molecule has 0 unspecified atom stereocenters. The average molecular weight is 346 g/mol. The maximum atomic E-state index is 12.2. The quantitative estimate of drug-likeness (QED) is 0.869. The molecule has 126 valence electrons. The van der Waals surface area contributed by atoms with Crippen LogP contribution in [0.25, 0.3) is 11.1 Å². The summed E-state index contributed by atoms with van der Waals surface area (Å²) in [5.74, 6) is -1.25. The zero-order valence-electron chi connectivity index (χ0n) is 13.0. The Balaban J connectivity index is 1.77. The Morgan fingerprint density at radius 2 is 1.92 bits per heavy atom. The summed E-state index contributed by atoms with van der Waals surface area (Å²) in [5, 5.41) is 14.4. The van der Waals surface area contributed by atoms with E-state index in [2.05, 4.69) is 5.32 Å². The van der Waals surface area contributed by atoms with Gasteiger partial charge in [0.1, 0.15) is 10.6 Å². The van der Waals surface area contributed by atoms with Gasteiger partial charge in [0.25, 0.3) is 0 Å². The van der Waals surface area contributed by atoms with Crippen molar-refractivity contribution in [3.05, 3.63) is 41.3 Å². The third kappa shape index (κ3) is 3.81. The van der Waals surface area contributed by atoms with Gasteiger partial charge in [0, 0.05) is 24.0 Å². The molecular formula is C17H18N2O4S. The first-order chi connectivity index (χ1) is 11.6. The van der Waals surface area contributed by atoms with Gasteiger partial charge in [-0.1, -0.05) is 30.3 Å². The van der Waals surface area contributed by atoms with E-state index in [0.29, 0.717) is 36.9 Å². The van der Waals surface area contributed by atoms with Gasteiger partial charge < -0.3 is 15.2 Å². The molecule has 1 amide bonds. The first-order valence-electron chi connectivity index (χ1n) is 7.65. The minimum absolute atomic E-state index is 0.140. The van der Waals surface area contributed by atoms with E-state index in [1.165, 1.54) is 11.3 Å². The summed E-state index contributed by atoms with van der Waals surface area (Å²) in [5.41, 5.74) is 1.58. The number of amides is 1. The Labute approximate surface area is 143 Å². The van der Waals surface area contributed by atoms with Crippen LogP contribution in [0, 0.1) is 0 Å². The molecule has 0 spiro atoms. The molecule has 1 aliphatic heterocycles. The van der Waals surface area contributed by atoms with Crippen LogP contribution in [0.5, 0.6) is 0 Å². The molecule has 2 aromatic rings. The largest absolute Gasteiger partial charge is 0.478 e.